The molecule has 2 rings (SSSR count). The molecule has 1 aromatic heterocycles. The minimum absolute atomic E-state index is 0.111. The summed E-state index contributed by atoms with van der Waals surface area (Å²) in [6, 6.07) is 3.06. The molecular formula is C16H24N2O4S. The van der Waals surface area contributed by atoms with E-state index in [1.165, 1.54) is 12.3 Å². The zero-order valence-electron chi connectivity index (χ0n) is 13.8. The Morgan fingerprint density at radius 1 is 1.30 bits per heavy atom. The molecule has 0 radical (unpaired) electrons. The highest BCUT2D eigenvalue weighted by Gasteiger charge is 2.26. The van der Waals surface area contributed by atoms with E-state index in [0.29, 0.717) is 31.5 Å². The topological polar surface area (TPSA) is 87.3 Å². The molecule has 1 N–H and O–H groups in total. The molecule has 0 atom stereocenters. The third-order valence-corrected chi connectivity index (χ3v) is 5.25. The molecular weight excluding hydrogens is 316 g/mol. The lowest BCUT2D eigenvalue weighted by molar-refractivity contribution is 0.0698. The Morgan fingerprint density at radius 3 is 2.43 bits per heavy atom. The standard InChI is InChI=1S/C16H24N2O4S/c1-11(2)14-8-13(9-15(19)17-14)16(20)18-6-4-12(5-7-18)10-23(3,21)22/h8-9,11-12H,4-7,10H2,1-3H3,(H,17,19). The van der Waals surface area contributed by atoms with Crippen LogP contribution in [0, 0.1) is 5.92 Å². The number of aromatic amines is 1. The summed E-state index contributed by atoms with van der Waals surface area (Å²) in [6.45, 7) is 4.97. The number of piperidine rings is 1. The monoisotopic (exact) mass is 340 g/mol. The maximum atomic E-state index is 12.6. The Hall–Kier alpha value is -1.63. The van der Waals surface area contributed by atoms with E-state index in [9.17, 15) is 18.0 Å². The van der Waals surface area contributed by atoms with Gasteiger partial charge in [0.1, 0.15) is 9.84 Å². The molecule has 128 valence electrons. The van der Waals surface area contributed by atoms with E-state index in [0.717, 1.165) is 5.69 Å². The first-order valence-electron chi connectivity index (χ1n) is 7.87. The van der Waals surface area contributed by atoms with Crippen molar-refractivity contribution >= 4 is 15.7 Å². The number of pyridine rings is 1. The van der Waals surface area contributed by atoms with E-state index in [1.807, 2.05) is 13.8 Å². The second-order valence-corrected chi connectivity index (χ2v) is 8.86. The van der Waals surface area contributed by atoms with Gasteiger partial charge in [-0.25, -0.2) is 8.42 Å². The SMILES string of the molecule is CC(C)c1cc(C(=O)N2CCC(CS(C)(=O)=O)CC2)cc(=O)[nH]1. The predicted octanol–water partition coefficient (Wildman–Crippen LogP) is 1.40. The molecule has 1 aliphatic heterocycles. The van der Waals surface area contributed by atoms with Crippen LogP contribution in [0.3, 0.4) is 0 Å². The van der Waals surface area contributed by atoms with Crippen molar-refractivity contribution < 1.29 is 13.2 Å². The first kappa shape index (κ1) is 17.7. The Morgan fingerprint density at radius 2 is 1.91 bits per heavy atom. The van der Waals surface area contributed by atoms with Gasteiger partial charge in [-0.3, -0.25) is 9.59 Å². The Bertz CT molecular complexity index is 729. The smallest absolute Gasteiger partial charge is 0.254 e. The molecule has 6 nitrogen and oxygen atoms in total. The van der Waals surface area contributed by atoms with Gasteiger partial charge in [-0.2, -0.15) is 0 Å². The number of aromatic nitrogens is 1. The van der Waals surface area contributed by atoms with E-state index in [2.05, 4.69) is 4.98 Å². The van der Waals surface area contributed by atoms with Crippen molar-refractivity contribution in [2.24, 2.45) is 5.92 Å². The van der Waals surface area contributed by atoms with Gasteiger partial charge in [-0.05, 0) is 30.7 Å². The van der Waals surface area contributed by atoms with Gasteiger partial charge in [-0.1, -0.05) is 13.8 Å². The Labute approximate surface area is 136 Å². The number of carbonyl (C=O) groups is 1. The summed E-state index contributed by atoms with van der Waals surface area (Å²) in [7, 11) is -2.98. The van der Waals surface area contributed by atoms with E-state index in [-0.39, 0.29) is 29.1 Å². The van der Waals surface area contributed by atoms with E-state index >= 15 is 0 Å². The van der Waals surface area contributed by atoms with E-state index in [4.69, 9.17) is 0 Å². The molecule has 0 spiro atoms. The average molecular weight is 340 g/mol. The van der Waals surface area contributed by atoms with Crippen LogP contribution in [-0.4, -0.2) is 49.3 Å². The molecule has 23 heavy (non-hydrogen) atoms. The number of hydrogen-bond acceptors (Lipinski definition) is 4. The number of carbonyl (C=O) groups excluding carboxylic acids is 1. The molecule has 0 unspecified atom stereocenters. The highest BCUT2D eigenvalue weighted by molar-refractivity contribution is 7.90. The van der Waals surface area contributed by atoms with E-state index in [1.54, 1.807) is 11.0 Å². The molecule has 0 bridgehead atoms. The number of hydrogen-bond donors (Lipinski definition) is 1. The highest BCUT2D eigenvalue weighted by atomic mass is 32.2. The van der Waals surface area contributed by atoms with Crippen molar-refractivity contribution in [3.63, 3.8) is 0 Å². The number of sulfone groups is 1. The zero-order valence-corrected chi connectivity index (χ0v) is 14.6. The first-order valence-corrected chi connectivity index (χ1v) is 9.93. The molecule has 0 aliphatic carbocycles. The molecule has 1 saturated heterocycles. The lowest BCUT2D eigenvalue weighted by Crippen LogP contribution is -2.40. The van der Waals surface area contributed by atoms with Crippen molar-refractivity contribution in [2.45, 2.75) is 32.6 Å². The van der Waals surface area contributed by atoms with Crippen molar-refractivity contribution in [3.05, 3.63) is 33.7 Å². The van der Waals surface area contributed by atoms with Crippen LogP contribution in [-0.2, 0) is 9.84 Å². The van der Waals surface area contributed by atoms with Gasteiger partial charge in [-0.15, -0.1) is 0 Å². The number of H-pyrrole nitrogens is 1. The third kappa shape index (κ3) is 4.92. The lowest BCUT2D eigenvalue weighted by Gasteiger charge is -2.31. The summed E-state index contributed by atoms with van der Waals surface area (Å²) in [5.74, 6) is 0.267. The minimum atomic E-state index is -2.98. The summed E-state index contributed by atoms with van der Waals surface area (Å²) in [5, 5.41) is 0. The number of rotatable bonds is 4. The molecule has 1 fully saturated rings. The zero-order chi connectivity index (χ0) is 17.2. The quantitative estimate of drug-likeness (QED) is 0.897. The van der Waals surface area contributed by atoms with Crippen molar-refractivity contribution in [1.82, 2.24) is 9.88 Å². The van der Waals surface area contributed by atoms with Gasteiger partial charge in [0.15, 0.2) is 0 Å². The second-order valence-electron chi connectivity index (χ2n) is 6.67. The van der Waals surface area contributed by atoms with Gasteiger partial charge in [0.05, 0.1) is 5.75 Å². The first-order chi connectivity index (χ1) is 10.7. The fourth-order valence-electron chi connectivity index (χ4n) is 2.91. The van der Waals surface area contributed by atoms with Crippen LogP contribution < -0.4 is 5.56 Å². The fourth-order valence-corrected chi connectivity index (χ4v) is 4.10. The maximum Gasteiger partial charge on any atom is 0.254 e. The fraction of sp³-hybridized carbons (Fsp3) is 0.625. The summed E-state index contributed by atoms with van der Waals surface area (Å²) >= 11 is 0. The van der Waals surface area contributed by atoms with Crippen molar-refractivity contribution in [2.75, 3.05) is 25.1 Å². The molecule has 0 saturated carbocycles. The van der Waals surface area contributed by atoms with Crippen LogP contribution in [0.15, 0.2) is 16.9 Å². The number of nitrogens with one attached hydrogen (secondary N) is 1. The Balaban J connectivity index is 2.07. The molecule has 1 aromatic rings. The number of nitrogens with zero attached hydrogens (tertiary/aromatic N) is 1. The van der Waals surface area contributed by atoms with Gasteiger partial charge in [0.25, 0.3) is 5.91 Å². The predicted molar refractivity (Wildman–Crippen MR) is 89.5 cm³/mol. The summed E-state index contributed by atoms with van der Waals surface area (Å²) in [5.41, 5.74) is 0.873. The van der Waals surface area contributed by atoms with Gasteiger partial charge in [0, 0.05) is 36.7 Å². The van der Waals surface area contributed by atoms with Crippen molar-refractivity contribution in [1.29, 1.82) is 0 Å². The normalized spacial score (nSPS) is 16.8. The summed E-state index contributed by atoms with van der Waals surface area (Å²) in [4.78, 5) is 28.7. The number of amides is 1. The van der Waals surface area contributed by atoms with Crippen LogP contribution >= 0.6 is 0 Å². The van der Waals surface area contributed by atoms with Crippen LogP contribution in [0.25, 0.3) is 0 Å². The highest BCUT2D eigenvalue weighted by Crippen LogP contribution is 2.21. The second kappa shape index (κ2) is 6.86. The molecule has 7 heteroatoms. The summed E-state index contributed by atoms with van der Waals surface area (Å²) in [6.07, 6.45) is 2.60. The Kier molecular flexibility index (Phi) is 5.29. The third-order valence-electron chi connectivity index (χ3n) is 4.17. The van der Waals surface area contributed by atoms with Gasteiger partial charge in [0.2, 0.25) is 5.56 Å². The van der Waals surface area contributed by atoms with Gasteiger partial charge < -0.3 is 9.88 Å². The molecule has 1 amide bonds. The number of likely N-dealkylation sites (tertiary alicyclic amines) is 1. The van der Waals surface area contributed by atoms with Crippen molar-refractivity contribution in [3.8, 4) is 0 Å². The maximum absolute atomic E-state index is 12.6. The van der Waals surface area contributed by atoms with E-state index < -0.39 is 9.84 Å². The molecule has 0 aromatic carbocycles. The lowest BCUT2D eigenvalue weighted by atomic mass is 9.98. The molecule has 2 heterocycles. The largest absolute Gasteiger partial charge is 0.339 e. The average Bonchev–Trinajstić information content (AvgIpc) is 2.45. The molecule has 1 aliphatic rings. The van der Waals surface area contributed by atoms with Crippen LogP contribution in [0.2, 0.25) is 0 Å². The van der Waals surface area contributed by atoms with Crippen LogP contribution in [0.1, 0.15) is 48.7 Å². The summed E-state index contributed by atoms with van der Waals surface area (Å²) < 4.78 is 22.7. The van der Waals surface area contributed by atoms with Gasteiger partial charge >= 0.3 is 0 Å². The minimum Gasteiger partial charge on any atom is -0.339 e. The van der Waals surface area contributed by atoms with Crippen LogP contribution in [0.4, 0.5) is 0 Å². The van der Waals surface area contributed by atoms with Crippen LogP contribution in [0.5, 0.6) is 0 Å².